The van der Waals surface area contributed by atoms with Crippen molar-refractivity contribution in [2.45, 2.75) is 51.6 Å². The van der Waals surface area contributed by atoms with Crippen LogP contribution in [0.15, 0.2) is 0 Å². The van der Waals surface area contributed by atoms with Gasteiger partial charge in [-0.2, -0.15) is 0 Å². The van der Waals surface area contributed by atoms with Gasteiger partial charge in [0.1, 0.15) is 0 Å². The van der Waals surface area contributed by atoms with E-state index in [2.05, 4.69) is 10.2 Å². The molecule has 0 radical (unpaired) electrons. The van der Waals surface area contributed by atoms with Gasteiger partial charge in [0.15, 0.2) is 0 Å². The number of carbonyl (C=O) groups excluding carboxylic acids is 1. The van der Waals surface area contributed by atoms with Crippen LogP contribution in [-0.2, 0) is 9.53 Å². The molecule has 3 unspecified atom stereocenters. The van der Waals surface area contributed by atoms with Crippen LogP contribution in [0.25, 0.3) is 0 Å². The molecule has 4 heteroatoms. The quantitative estimate of drug-likeness (QED) is 0.753. The van der Waals surface area contributed by atoms with Gasteiger partial charge in [-0.1, -0.05) is 6.92 Å². The molecule has 2 heterocycles. The van der Waals surface area contributed by atoms with Crippen molar-refractivity contribution >= 4 is 5.97 Å². The maximum absolute atomic E-state index is 11.7. The van der Waals surface area contributed by atoms with E-state index in [-0.39, 0.29) is 11.9 Å². The van der Waals surface area contributed by atoms with Crippen LogP contribution >= 0.6 is 0 Å². The Morgan fingerprint density at radius 1 is 1.44 bits per heavy atom. The van der Waals surface area contributed by atoms with Crippen LogP contribution in [0.3, 0.4) is 0 Å². The number of nitrogens with one attached hydrogen (secondary N) is 1. The van der Waals surface area contributed by atoms with Crippen LogP contribution in [0.4, 0.5) is 0 Å². The second-order valence-electron chi connectivity index (χ2n) is 5.56. The standard InChI is InChI=1S/C14H26N2O2/c1-3-18-14(17)11(2)10-16-9-5-7-13(16)12-6-4-8-15-12/h11-13,15H,3-10H2,1-2H3. The van der Waals surface area contributed by atoms with Crippen LogP contribution in [0.1, 0.15) is 39.5 Å². The molecule has 2 aliphatic heterocycles. The van der Waals surface area contributed by atoms with Gasteiger partial charge in [0.05, 0.1) is 12.5 Å². The largest absolute Gasteiger partial charge is 0.466 e. The molecule has 0 spiro atoms. The Balaban J connectivity index is 1.85. The molecule has 0 aromatic carbocycles. The summed E-state index contributed by atoms with van der Waals surface area (Å²) in [5.41, 5.74) is 0. The summed E-state index contributed by atoms with van der Waals surface area (Å²) in [7, 11) is 0. The van der Waals surface area contributed by atoms with Crippen LogP contribution in [0.5, 0.6) is 0 Å². The van der Waals surface area contributed by atoms with Gasteiger partial charge in [-0.05, 0) is 45.7 Å². The van der Waals surface area contributed by atoms with Crippen molar-refractivity contribution in [3.8, 4) is 0 Å². The summed E-state index contributed by atoms with van der Waals surface area (Å²) in [6.07, 6.45) is 5.11. The highest BCUT2D eigenvalue weighted by Crippen LogP contribution is 2.25. The molecule has 1 N–H and O–H groups in total. The van der Waals surface area contributed by atoms with E-state index >= 15 is 0 Å². The van der Waals surface area contributed by atoms with Gasteiger partial charge in [0.2, 0.25) is 0 Å². The van der Waals surface area contributed by atoms with E-state index in [0.717, 1.165) is 19.6 Å². The number of esters is 1. The molecule has 3 atom stereocenters. The zero-order chi connectivity index (χ0) is 13.0. The van der Waals surface area contributed by atoms with Crippen molar-refractivity contribution < 1.29 is 9.53 Å². The van der Waals surface area contributed by atoms with E-state index in [9.17, 15) is 4.79 Å². The predicted molar refractivity (Wildman–Crippen MR) is 71.4 cm³/mol. The molecule has 0 aliphatic carbocycles. The van der Waals surface area contributed by atoms with Crippen LogP contribution in [0.2, 0.25) is 0 Å². The molecule has 0 saturated carbocycles. The summed E-state index contributed by atoms with van der Waals surface area (Å²) >= 11 is 0. The fourth-order valence-electron chi connectivity index (χ4n) is 3.28. The Kier molecular flexibility index (Phi) is 5.01. The third kappa shape index (κ3) is 3.23. The zero-order valence-electron chi connectivity index (χ0n) is 11.7. The lowest BCUT2D eigenvalue weighted by Crippen LogP contribution is -2.46. The first-order chi connectivity index (χ1) is 8.72. The van der Waals surface area contributed by atoms with Gasteiger partial charge < -0.3 is 10.1 Å². The first kappa shape index (κ1) is 13.8. The monoisotopic (exact) mass is 254 g/mol. The number of hydrogen-bond donors (Lipinski definition) is 1. The van der Waals surface area contributed by atoms with Gasteiger partial charge >= 0.3 is 5.97 Å². The normalized spacial score (nSPS) is 30.6. The lowest BCUT2D eigenvalue weighted by Gasteiger charge is -2.30. The first-order valence-corrected chi connectivity index (χ1v) is 7.36. The van der Waals surface area contributed by atoms with E-state index in [0.29, 0.717) is 18.7 Å². The molecule has 0 aromatic rings. The average molecular weight is 254 g/mol. The molecule has 18 heavy (non-hydrogen) atoms. The molecule has 0 bridgehead atoms. The summed E-state index contributed by atoms with van der Waals surface area (Å²) in [4.78, 5) is 14.2. The molecule has 2 aliphatic rings. The van der Waals surface area contributed by atoms with Crippen molar-refractivity contribution in [3.05, 3.63) is 0 Å². The van der Waals surface area contributed by atoms with Gasteiger partial charge in [-0.25, -0.2) is 0 Å². The third-order valence-electron chi connectivity index (χ3n) is 4.17. The number of hydrogen-bond acceptors (Lipinski definition) is 4. The van der Waals surface area contributed by atoms with Gasteiger partial charge in [0.25, 0.3) is 0 Å². The molecule has 4 nitrogen and oxygen atoms in total. The summed E-state index contributed by atoms with van der Waals surface area (Å²) in [6.45, 7) is 7.47. The minimum atomic E-state index is -0.0532. The Morgan fingerprint density at radius 2 is 2.28 bits per heavy atom. The van der Waals surface area contributed by atoms with Crippen LogP contribution in [-0.4, -0.2) is 49.2 Å². The third-order valence-corrected chi connectivity index (χ3v) is 4.17. The zero-order valence-corrected chi connectivity index (χ0v) is 11.7. The number of rotatable bonds is 5. The molecular weight excluding hydrogens is 228 g/mol. The Labute approximate surface area is 110 Å². The van der Waals surface area contributed by atoms with Crippen LogP contribution < -0.4 is 5.32 Å². The van der Waals surface area contributed by atoms with Crippen molar-refractivity contribution in [3.63, 3.8) is 0 Å². The summed E-state index contributed by atoms with van der Waals surface area (Å²) in [6, 6.07) is 1.27. The molecule has 2 saturated heterocycles. The topological polar surface area (TPSA) is 41.6 Å². The molecule has 2 rings (SSSR count). The predicted octanol–water partition coefficient (Wildman–Crippen LogP) is 1.40. The summed E-state index contributed by atoms with van der Waals surface area (Å²) in [5, 5.41) is 3.60. The molecule has 2 fully saturated rings. The Morgan fingerprint density at radius 3 is 2.94 bits per heavy atom. The molecule has 0 aromatic heterocycles. The lowest BCUT2D eigenvalue weighted by atomic mass is 10.0. The van der Waals surface area contributed by atoms with E-state index < -0.39 is 0 Å². The Bertz CT molecular complexity index is 277. The number of ether oxygens (including phenoxy) is 1. The van der Waals surface area contributed by atoms with Crippen molar-refractivity contribution in [1.29, 1.82) is 0 Å². The van der Waals surface area contributed by atoms with Crippen molar-refractivity contribution in [2.75, 3.05) is 26.2 Å². The van der Waals surface area contributed by atoms with E-state index in [4.69, 9.17) is 4.74 Å². The van der Waals surface area contributed by atoms with E-state index in [1.165, 1.54) is 25.7 Å². The van der Waals surface area contributed by atoms with Crippen molar-refractivity contribution in [2.24, 2.45) is 5.92 Å². The maximum Gasteiger partial charge on any atom is 0.309 e. The fraction of sp³-hybridized carbons (Fsp3) is 0.929. The second kappa shape index (κ2) is 6.53. The minimum absolute atomic E-state index is 0.00745. The summed E-state index contributed by atoms with van der Waals surface area (Å²) < 4.78 is 5.09. The van der Waals surface area contributed by atoms with Gasteiger partial charge in [0, 0.05) is 18.6 Å². The molecule has 104 valence electrons. The highest BCUT2D eigenvalue weighted by Gasteiger charge is 2.34. The number of likely N-dealkylation sites (tertiary alicyclic amines) is 1. The number of carbonyl (C=O) groups is 1. The smallest absolute Gasteiger partial charge is 0.309 e. The highest BCUT2D eigenvalue weighted by molar-refractivity contribution is 5.72. The highest BCUT2D eigenvalue weighted by atomic mass is 16.5. The van der Waals surface area contributed by atoms with Gasteiger partial charge in [-0.3, -0.25) is 9.69 Å². The second-order valence-corrected chi connectivity index (χ2v) is 5.56. The van der Waals surface area contributed by atoms with E-state index in [1.807, 2.05) is 13.8 Å². The average Bonchev–Trinajstić information content (AvgIpc) is 2.98. The number of nitrogens with zero attached hydrogens (tertiary/aromatic N) is 1. The maximum atomic E-state index is 11.7. The Hall–Kier alpha value is -0.610. The van der Waals surface area contributed by atoms with Crippen molar-refractivity contribution in [1.82, 2.24) is 10.2 Å². The molecule has 0 amide bonds. The van der Waals surface area contributed by atoms with Crippen LogP contribution in [0, 0.1) is 5.92 Å². The fourth-order valence-corrected chi connectivity index (χ4v) is 3.28. The SMILES string of the molecule is CCOC(=O)C(C)CN1CCCC1C1CCCN1. The lowest BCUT2D eigenvalue weighted by molar-refractivity contribution is -0.148. The van der Waals surface area contributed by atoms with Gasteiger partial charge in [-0.15, -0.1) is 0 Å². The summed E-state index contributed by atoms with van der Waals surface area (Å²) in [5.74, 6) is -0.0607. The molecular formula is C14H26N2O2. The minimum Gasteiger partial charge on any atom is -0.466 e. The first-order valence-electron chi connectivity index (χ1n) is 7.36. The van der Waals surface area contributed by atoms with E-state index in [1.54, 1.807) is 0 Å².